The summed E-state index contributed by atoms with van der Waals surface area (Å²) in [7, 11) is 0. The average molecular weight is 331 g/mol. The van der Waals surface area contributed by atoms with E-state index in [1.54, 1.807) is 11.0 Å². The molecule has 24 heavy (non-hydrogen) atoms. The summed E-state index contributed by atoms with van der Waals surface area (Å²) in [6.07, 6.45) is 5.19. The van der Waals surface area contributed by atoms with Crippen LogP contribution in [-0.4, -0.2) is 36.2 Å². The van der Waals surface area contributed by atoms with E-state index in [9.17, 15) is 14.7 Å². The second-order valence-corrected chi connectivity index (χ2v) is 6.89. The molecule has 1 fully saturated rings. The Balaban J connectivity index is 1.69. The summed E-state index contributed by atoms with van der Waals surface area (Å²) in [4.78, 5) is 25.8. The second-order valence-electron chi connectivity index (χ2n) is 6.89. The molecular weight excluding hydrogens is 306 g/mol. The van der Waals surface area contributed by atoms with E-state index < -0.39 is 11.9 Å². The Morgan fingerprint density at radius 3 is 2.71 bits per heavy atom. The Labute approximate surface area is 142 Å². The number of para-hydroxylation sites is 1. The molecule has 1 aliphatic carbocycles. The van der Waals surface area contributed by atoms with Crippen molar-refractivity contribution in [3.8, 4) is 0 Å². The van der Waals surface area contributed by atoms with Crippen molar-refractivity contribution >= 4 is 17.6 Å². The number of nitrogens with zero attached hydrogens (tertiary/aromatic N) is 1. The molecule has 3 rings (SSSR count). The normalized spacial score (nSPS) is 26.7. The van der Waals surface area contributed by atoms with Crippen molar-refractivity contribution in [2.75, 3.05) is 18.1 Å². The van der Waals surface area contributed by atoms with Crippen molar-refractivity contribution in [1.82, 2.24) is 0 Å². The minimum absolute atomic E-state index is 0.0705. The zero-order valence-corrected chi connectivity index (χ0v) is 14.1. The van der Waals surface area contributed by atoms with Crippen LogP contribution in [0.2, 0.25) is 0 Å². The second kappa shape index (κ2) is 7.34. The van der Waals surface area contributed by atoms with Gasteiger partial charge in [0.25, 0.3) is 5.91 Å². The molecule has 0 saturated heterocycles. The fourth-order valence-corrected chi connectivity index (χ4v) is 3.86. The molecule has 1 heterocycles. The van der Waals surface area contributed by atoms with Gasteiger partial charge in [-0.15, -0.1) is 0 Å². The molecule has 1 aromatic rings. The summed E-state index contributed by atoms with van der Waals surface area (Å²) >= 11 is 0. The standard InChI is InChI=1S/C19H25NO4/c1-13-6-2-5-9-17(13)24-12-18(21)20-11-10-15(19(22)23)14-7-3-4-8-16(14)20/h3-4,7-8,13,15,17H,2,5-6,9-12H2,1H3,(H,22,23). The molecule has 1 N–H and O–H groups in total. The van der Waals surface area contributed by atoms with Crippen LogP contribution in [0.3, 0.4) is 0 Å². The predicted molar refractivity (Wildman–Crippen MR) is 91.2 cm³/mol. The summed E-state index contributed by atoms with van der Waals surface area (Å²) in [5, 5.41) is 9.38. The molecule has 0 aromatic heterocycles. The van der Waals surface area contributed by atoms with Crippen molar-refractivity contribution in [3.05, 3.63) is 29.8 Å². The van der Waals surface area contributed by atoms with E-state index in [0.29, 0.717) is 24.6 Å². The highest BCUT2D eigenvalue weighted by molar-refractivity contribution is 5.97. The fourth-order valence-electron chi connectivity index (χ4n) is 3.86. The lowest BCUT2D eigenvalue weighted by Gasteiger charge is -2.34. The van der Waals surface area contributed by atoms with E-state index >= 15 is 0 Å². The van der Waals surface area contributed by atoms with E-state index in [1.807, 2.05) is 18.2 Å². The van der Waals surface area contributed by atoms with Gasteiger partial charge in [0.1, 0.15) is 6.61 Å². The van der Waals surface area contributed by atoms with Crippen molar-refractivity contribution in [3.63, 3.8) is 0 Å². The first-order chi connectivity index (χ1) is 11.6. The smallest absolute Gasteiger partial charge is 0.311 e. The van der Waals surface area contributed by atoms with Gasteiger partial charge in [0.2, 0.25) is 0 Å². The third-order valence-corrected chi connectivity index (χ3v) is 5.30. The summed E-state index contributed by atoms with van der Waals surface area (Å²) in [6, 6.07) is 7.29. The first kappa shape index (κ1) is 17.0. The number of hydrogen-bond donors (Lipinski definition) is 1. The first-order valence-electron chi connectivity index (χ1n) is 8.81. The Hall–Kier alpha value is -1.88. The van der Waals surface area contributed by atoms with Crippen LogP contribution in [0.15, 0.2) is 24.3 Å². The largest absolute Gasteiger partial charge is 0.481 e. The molecule has 2 aliphatic rings. The lowest BCUT2D eigenvalue weighted by molar-refractivity contribution is -0.139. The topological polar surface area (TPSA) is 66.8 Å². The molecule has 1 aromatic carbocycles. The van der Waals surface area contributed by atoms with Gasteiger partial charge in [0.05, 0.1) is 12.0 Å². The fraction of sp³-hybridized carbons (Fsp3) is 0.579. The van der Waals surface area contributed by atoms with Gasteiger partial charge in [-0.3, -0.25) is 9.59 Å². The van der Waals surface area contributed by atoms with E-state index in [1.165, 1.54) is 6.42 Å². The number of hydrogen-bond acceptors (Lipinski definition) is 3. The number of carbonyl (C=O) groups is 2. The van der Waals surface area contributed by atoms with E-state index in [0.717, 1.165) is 24.8 Å². The molecule has 1 saturated carbocycles. The zero-order chi connectivity index (χ0) is 17.1. The van der Waals surface area contributed by atoms with Crippen LogP contribution in [0.25, 0.3) is 0 Å². The number of ether oxygens (including phenoxy) is 1. The minimum Gasteiger partial charge on any atom is -0.481 e. The molecule has 1 aliphatic heterocycles. The van der Waals surface area contributed by atoms with Gasteiger partial charge in [-0.05, 0) is 36.8 Å². The summed E-state index contributed by atoms with van der Waals surface area (Å²) in [6.45, 7) is 2.68. The number of carbonyl (C=O) groups excluding carboxylic acids is 1. The highest BCUT2D eigenvalue weighted by Crippen LogP contribution is 2.35. The average Bonchev–Trinajstić information content (AvgIpc) is 2.59. The molecule has 0 bridgehead atoms. The molecule has 5 nitrogen and oxygen atoms in total. The van der Waals surface area contributed by atoms with Gasteiger partial charge in [0.15, 0.2) is 0 Å². The van der Waals surface area contributed by atoms with Crippen LogP contribution in [0.1, 0.15) is 50.5 Å². The third kappa shape index (κ3) is 3.46. The zero-order valence-electron chi connectivity index (χ0n) is 14.1. The van der Waals surface area contributed by atoms with Gasteiger partial charge in [0, 0.05) is 12.2 Å². The molecular formula is C19H25NO4. The van der Waals surface area contributed by atoms with Gasteiger partial charge in [-0.1, -0.05) is 38.0 Å². The number of carboxylic acids is 1. The maximum atomic E-state index is 12.6. The number of fused-ring (bicyclic) bond motifs is 1. The lowest BCUT2D eigenvalue weighted by atomic mass is 9.88. The lowest BCUT2D eigenvalue weighted by Crippen LogP contribution is -2.41. The van der Waals surface area contributed by atoms with Crippen molar-refractivity contribution in [2.45, 2.75) is 51.0 Å². The summed E-state index contributed by atoms with van der Waals surface area (Å²) < 4.78 is 5.89. The highest BCUT2D eigenvalue weighted by Gasteiger charge is 2.32. The Bertz CT molecular complexity index is 615. The molecule has 0 spiro atoms. The number of anilines is 1. The number of rotatable bonds is 4. The van der Waals surface area contributed by atoms with E-state index in [2.05, 4.69) is 6.92 Å². The Morgan fingerprint density at radius 2 is 1.96 bits per heavy atom. The molecule has 3 atom stereocenters. The number of carboxylic acid groups (broad SMARTS) is 1. The van der Waals surface area contributed by atoms with Crippen LogP contribution >= 0.6 is 0 Å². The summed E-state index contributed by atoms with van der Waals surface area (Å²) in [5.74, 6) is -0.952. The van der Waals surface area contributed by atoms with Crippen molar-refractivity contribution in [2.24, 2.45) is 5.92 Å². The predicted octanol–water partition coefficient (Wildman–Crippen LogP) is 3.19. The molecule has 130 valence electrons. The Morgan fingerprint density at radius 1 is 1.21 bits per heavy atom. The molecule has 1 amide bonds. The number of benzene rings is 1. The first-order valence-corrected chi connectivity index (χ1v) is 8.81. The third-order valence-electron chi connectivity index (χ3n) is 5.30. The maximum Gasteiger partial charge on any atom is 0.311 e. The highest BCUT2D eigenvalue weighted by atomic mass is 16.5. The minimum atomic E-state index is -0.832. The van der Waals surface area contributed by atoms with E-state index in [-0.39, 0.29) is 18.6 Å². The van der Waals surface area contributed by atoms with Gasteiger partial charge in [-0.25, -0.2) is 0 Å². The quantitative estimate of drug-likeness (QED) is 0.920. The van der Waals surface area contributed by atoms with Crippen LogP contribution in [-0.2, 0) is 14.3 Å². The van der Waals surface area contributed by atoms with E-state index in [4.69, 9.17) is 4.74 Å². The molecule has 5 heteroatoms. The molecule has 3 unspecified atom stereocenters. The van der Waals surface area contributed by atoms with Crippen LogP contribution < -0.4 is 4.90 Å². The number of aliphatic carboxylic acids is 1. The van der Waals surface area contributed by atoms with Gasteiger partial charge in [-0.2, -0.15) is 0 Å². The van der Waals surface area contributed by atoms with Crippen molar-refractivity contribution < 1.29 is 19.4 Å². The van der Waals surface area contributed by atoms with Gasteiger partial charge >= 0.3 is 5.97 Å². The monoisotopic (exact) mass is 331 g/mol. The SMILES string of the molecule is CC1CCCCC1OCC(=O)N1CCC(C(=O)O)c2ccccc21. The maximum absolute atomic E-state index is 12.6. The van der Waals surface area contributed by atoms with Crippen molar-refractivity contribution in [1.29, 1.82) is 0 Å². The summed E-state index contributed by atoms with van der Waals surface area (Å²) in [5.41, 5.74) is 1.43. The number of amides is 1. The Kier molecular flexibility index (Phi) is 5.19. The van der Waals surface area contributed by atoms with Crippen LogP contribution in [0.5, 0.6) is 0 Å². The van der Waals surface area contributed by atoms with Gasteiger partial charge < -0.3 is 14.7 Å². The van der Waals surface area contributed by atoms with Crippen LogP contribution in [0, 0.1) is 5.92 Å². The van der Waals surface area contributed by atoms with Crippen LogP contribution in [0.4, 0.5) is 5.69 Å². The molecule has 0 radical (unpaired) electrons.